The fourth-order valence-electron chi connectivity index (χ4n) is 1.49. The summed E-state index contributed by atoms with van der Waals surface area (Å²) in [6.07, 6.45) is 0. The number of rotatable bonds is 4. The predicted octanol–water partition coefficient (Wildman–Crippen LogP) is 1.18. The number of hydrogen-bond acceptors (Lipinski definition) is 5. The van der Waals surface area contributed by atoms with E-state index in [4.69, 9.17) is 10.3 Å². The van der Waals surface area contributed by atoms with E-state index in [1.54, 1.807) is 13.0 Å². The molecule has 0 spiro atoms. The number of nitrogen functional groups attached to an aromatic ring is 1. The average Bonchev–Trinajstić information content (AvgIpc) is 2.76. The van der Waals surface area contributed by atoms with Crippen LogP contribution in [0, 0.1) is 12.7 Å². The number of aryl methyl sites for hydroxylation is 1. The van der Waals surface area contributed by atoms with Gasteiger partial charge in [-0.2, -0.15) is 0 Å². The van der Waals surface area contributed by atoms with Crippen molar-refractivity contribution in [1.29, 1.82) is 0 Å². The third-order valence-corrected chi connectivity index (χ3v) is 3.84. The number of anilines is 1. The minimum atomic E-state index is -3.90. The molecule has 1 aromatic heterocycles. The van der Waals surface area contributed by atoms with Crippen molar-refractivity contribution in [3.8, 4) is 0 Å². The molecule has 0 aliphatic carbocycles. The molecule has 3 N–H and O–H groups in total. The number of aromatic nitrogens is 1. The Kier molecular flexibility index (Phi) is 3.54. The summed E-state index contributed by atoms with van der Waals surface area (Å²) in [6.45, 7) is 1.63. The standard InChI is InChI=1S/C11H12FN3O3S/c1-7-4-9(15-18-7)6-14-19(16,17)11-5-8(12)2-3-10(11)13/h2-5,14H,6,13H2,1H3. The van der Waals surface area contributed by atoms with Crippen LogP contribution in [0.4, 0.5) is 10.1 Å². The zero-order valence-electron chi connectivity index (χ0n) is 10.1. The molecule has 0 unspecified atom stereocenters. The Morgan fingerprint density at radius 2 is 2.16 bits per heavy atom. The lowest BCUT2D eigenvalue weighted by atomic mass is 10.3. The molecule has 0 bridgehead atoms. The van der Waals surface area contributed by atoms with Crippen molar-refractivity contribution in [2.45, 2.75) is 18.4 Å². The van der Waals surface area contributed by atoms with Crippen LogP contribution >= 0.6 is 0 Å². The SMILES string of the molecule is Cc1cc(CNS(=O)(=O)c2cc(F)ccc2N)no1. The highest BCUT2D eigenvalue weighted by Crippen LogP contribution is 2.19. The topological polar surface area (TPSA) is 98.2 Å². The van der Waals surface area contributed by atoms with Gasteiger partial charge in [0.15, 0.2) is 0 Å². The molecule has 0 aliphatic heterocycles. The molecule has 6 nitrogen and oxygen atoms in total. The quantitative estimate of drug-likeness (QED) is 0.822. The smallest absolute Gasteiger partial charge is 0.243 e. The molecule has 0 aliphatic rings. The van der Waals surface area contributed by atoms with Crippen molar-refractivity contribution < 1.29 is 17.3 Å². The van der Waals surface area contributed by atoms with Crippen LogP contribution in [-0.2, 0) is 16.6 Å². The van der Waals surface area contributed by atoms with E-state index in [0.29, 0.717) is 11.5 Å². The van der Waals surface area contributed by atoms with Gasteiger partial charge in [-0.3, -0.25) is 0 Å². The number of halogens is 1. The van der Waals surface area contributed by atoms with Gasteiger partial charge in [0.05, 0.1) is 17.9 Å². The van der Waals surface area contributed by atoms with Crippen molar-refractivity contribution >= 4 is 15.7 Å². The molecule has 1 aromatic carbocycles. The Bertz CT molecular complexity index is 697. The van der Waals surface area contributed by atoms with Crippen molar-refractivity contribution in [3.05, 3.63) is 41.5 Å². The van der Waals surface area contributed by atoms with Crippen molar-refractivity contribution in [2.75, 3.05) is 5.73 Å². The molecule has 0 saturated heterocycles. The first kappa shape index (κ1) is 13.5. The van der Waals surface area contributed by atoms with Crippen LogP contribution in [0.1, 0.15) is 11.5 Å². The van der Waals surface area contributed by atoms with Crippen molar-refractivity contribution in [1.82, 2.24) is 9.88 Å². The Morgan fingerprint density at radius 1 is 1.42 bits per heavy atom. The zero-order chi connectivity index (χ0) is 14.0. The number of sulfonamides is 1. The molecular formula is C11H12FN3O3S. The third-order valence-electron chi connectivity index (χ3n) is 2.39. The highest BCUT2D eigenvalue weighted by molar-refractivity contribution is 7.89. The number of benzene rings is 1. The number of nitrogens with one attached hydrogen (secondary N) is 1. The van der Waals surface area contributed by atoms with Gasteiger partial charge in [-0.1, -0.05) is 5.16 Å². The van der Waals surface area contributed by atoms with Crippen LogP contribution in [0.3, 0.4) is 0 Å². The van der Waals surface area contributed by atoms with Gasteiger partial charge >= 0.3 is 0 Å². The first-order valence-electron chi connectivity index (χ1n) is 5.35. The van der Waals surface area contributed by atoms with Gasteiger partial charge in [0.2, 0.25) is 10.0 Å². The normalized spacial score (nSPS) is 11.7. The van der Waals surface area contributed by atoms with Gasteiger partial charge in [0.1, 0.15) is 16.5 Å². The molecule has 2 rings (SSSR count). The Hall–Kier alpha value is -1.93. The third kappa shape index (κ3) is 3.09. The summed E-state index contributed by atoms with van der Waals surface area (Å²) < 4.78 is 44.1. The van der Waals surface area contributed by atoms with Crippen LogP contribution in [0.2, 0.25) is 0 Å². The second-order valence-electron chi connectivity index (χ2n) is 3.94. The maximum absolute atomic E-state index is 13.1. The summed E-state index contributed by atoms with van der Waals surface area (Å²) >= 11 is 0. The van der Waals surface area contributed by atoms with Crippen molar-refractivity contribution in [3.63, 3.8) is 0 Å². The van der Waals surface area contributed by atoms with E-state index in [-0.39, 0.29) is 17.1 Å². The molecule has 0 fully saturated rings. The van der Waals surface area contributed by atoms with E-state index in [1.807, 2.05) is 0 Å². The molecule has 0 radical (unpaired) electrons. The van der Waals surface area contributed by atoms with Crippen molar-refractivity contribution in [2.24, 2.45) is 0 Å². The molecule has 0 atom stereocenters. The largest absolute Gasteiger partial charge is 0.398 e. The summed E-state index contributed by atoms with van der Waals surface area (Å²) in [4.78, 5) is -0.298. The Labute approximate surface area is 109 Å². The minimum Gasteiger partial charge on any atom is -0.398 e. The fraction of sp³-hybridized carbons (Fsp3) is 0.182. The lowest BCUT2D eigenvalue weighted by Gasteiger charge is -2.07. The van der Waals surface area contributed by atoms with Gasteiger partial charge in [0, 0.05) is 6.07 Å². The van der Waals surface area contributed by atoms with Crippen LogP contribution in [0.5, 0.6) is 0 Å². The van der Waals surface area contributed by atoms with Gasteiger partial charge in [-0.25, -0.2) is 17.5 Å². The minimum absolute atomic E-state index is 0.0229. The van der Waals surface area contributed by atoms with Gasteiger partial charge in [0.25, 0.3) is 0 Å². The number of nitrogens with two attached hydrogens (primary N) is 1. The molecule has 102 valence electrons. The summed E-state index contributed by atoms with van der Waals surface area (Å²) in [6, 6.07) is 4.75. The van der Waals surface area contributed by atoms with Gasteiger partial charge in [-0.15, -0.1) is 0 Å². The van der Waals surface area contributed by atoms with E-state index in [0.717, 1.165) is 12.1 Å². The monoisotopic (exact) mass is 285 g/mol. The Balaban J connectivity index is 2.20. The van der Waals surface area contributed by atoms with E-state index in [9.17, 15) is 12.8 Å². The summed E-state index contributed by atoms with van der Waals surface area (Å²) in [5.41, 5.74) is 5.93. The second-order valence-corrected chi connectivity index (χ2v) is 5.67. The number of nitrogens with zero attached hydrogens (tertiary/aromatic N) is 1. The van der Waals surface area contributed by atoms with Crippen LogP contribution in [-0.4, -0.2) is 13.6 Å². The summed E-state index contributed by atoms with van der Waals surface area (Å²) in [7, 11) is -3.90. The first-order chi connectivity index (χ1) is 8.88. The first-order valence-corrected chi connectivity index (χ1v) is 6.84. The molecule has 0 saturated carbocycles. The maximum Gasteiger partial charge on any atom is 0.243 e. The van der Waals surface area contributed by atoms with Gasteiger partial charge in [-0.05, 0) is 25.1 Å². The molecule has 1 heterocycles. The van der Waals surface area contributed by atoms with Crippen LogP contribution in [0.15, 0.2) is 33.7 Å². The molecule has 2 aromatic rings. The van der Waals surface area contributed by atoms with E-state index in [1.165, 1.54) is 6.07 Å². The van der Waals surface area contributed by atoms with Gasteiger partial charge < -0.3 is 10.3 Å². The highest BCUT2D eigenvalue weighted by atomic mass is 32.2. The summed E-state index contributed by atoms with van der Waals surface area (Å²) in [5, 5.41) is 3.65. The van der Waals surface area contributed by atoms with E-state index < -0.39 is 15.8 Å². The zero-order valence-corrected chi connectivity index (χ0v) is 10.9. The summed E-state index contributed by atoms with van der Waals surface area (Å²) in [5.74, 6) is -0.105. The predicted molar refractivity (Wildman–Crippen MR) is 66.1 cm³/mol. The van der Waals surface area contributed by atoms with Crippen LogP contribution in [0.25, 0.3) is 0 Å². The molecule has 0 amide bonds. The van der Waals surface area contributed by atoms with E-state index in [2.05, 4.69) is 9.88 Å². The number of hydrogen-bond donors (Lipinski definition) is 2. The Morgan fingerprint density at radius 3 is 2.79 bits per heavy atom. The fourth-order valence-corrected chi connectivity index (χ4v) is 2.63. The lowest BCUT2D eigenvalue weighted by molar-refractivity contribution is 0.390. The maximum atomic E-state index is 13.1. The molecule has 8 heteroatoms. The molecular weight excluding hydrogens is 273 g/mol. The van der Waals surface area contributed by atoms with E-state index >= 15 is 0 Å². The second kappa shape index (κ2) is 4.98. The average molecular weight is 285 g/mol. The highest BCUT2D eigenvalue weighted by Gasteiger charge is 2.18. The lowest BCUT2D eigenvalue weighted by Crippen LogP contribution is -2.24. The van der Waals surface area contributed by atoms with Crippen LogP contribution < -0.4 is 10.5 Å². The molecule has 19 heavy (non-hydrogen) atoms.